The lowest BCUT2D eigenvalue weighted by Gasteiger charge is -2.16. The van der Waals surface area contributed by atoms with E-state index >= 15 is 0 Å². The van der Waals surface area contributed by atoms with Gasteiger partial charge in [0, 0.05) is 13.1 Å². The summed E-state index contributed by atoms with van der Waals surface area (Å²) in [6, 6.07) is 4.08. The molecule has 1 atom stereocenters. The fraction of sp³-hybridized carbons (Fsp3) is 0.412. The summed E-state index contributed by atoms with van der Waals surface area (Å²) in [4.78, 5) is 47.8. The van der Waals surface area contributed by atoms with Crippen LogP contribution in [0.2, 0.25) is 0 Å². The molecule has 0 unspecified atom stereocenters. The zero-order chi connectivity index (χ0) is 20.0. The number of imide groups is 1. The summed E-state index contributed by atoms with van der Waals surface area (Å²) < 4.78 is 23.4. The van der Waals surface area contributed by atoms with Gasteiger partial charge in [0.05, 0.1) is 19.3 Å². The molecule has 0 aromatic heterocycles. The number of carbonyl (C=O) groups is 4. The summed E-state index contributed by atoms with van der Waals surface area (Å²) in [7, 11) is 1.33. The number of methoxy groups -OCH3 is 1. The Kier molecular flexibility index (Phi) is 7.17. The van der Waals surface area contributed by atoms with Crippen molar-refractivity contribution >= 4 is 34.8 Å². The Morgan fingerprint density at radius 3 is 2.70 bits per heavy atom. The normalized spacial score (nSPS) is 14.9. The van der Waals surface area contributed by atoms with Gasteiger partial charge in [0.15, 0.2) is 17.7 Å². The van der Waals surface area contributed by atoms with Crippen LogP contribution in [0.3, 0.4) is 0 Å². The maximum Gasteiger partial charge on any atom is 0.311 e. The molecule has 1 N–H and O–H groups in total. The third kappa shape index (κ3) is 5.68. The van der Waals surface area contributed by atoms with Crippen molar-refractivity contribution in [2.75, 3.05) is 26.0 Å². The second kappa shape index (κ2) is 9.36. The van der Waals surface area contributed by atoms with E-state index in [4.69, 9.17) is 9.47 Å². The average molecular weight is 398 g/mol. The molecule has 1 aliphatic heterocycles. The first kappa shape index (κ1) is 20.7. The Balaban J connectivity index is 1.76. The first-order valence-electron chi connectivity index (χ1n) is 8.08. The third-order valence-electron chi connectivity index (χ3n) is 3.72. The van der Waals surface area contributed by atoms with Gasteiger partial charge in [-0.25, -0.2) is 4.39 Å². The molecular weight excluding hydrogens is 379 g/mol. The molecule has 8 nitrogen and oxygen atoms in total. The molecule has 2 rings (SSSR count). The minimum absolute atomic E-state index is 0.0577. The quantitative estimate of drug-likeness (QED) is 0.655. The Morgan fingerprint density at radius 1 is 1.37 bits per heavy atom. The Labute approximate surface area is 159 Å². The molecule has 0 bridgehead atoms. The summed E-state index contributed by atoms with van der Waals surface area (Å²) >= 11 is 0.912. The molecule has 0 saturated carbocycles. The number of amides is 3. The number of nitrogens with one attached hydrogen (secondary N) is 1. The maximum absolute atomic E-state index is 13.6. The number of esters is 1. The number of benzene rings is 1. The van der Waals surface area contributed by atoms with Crippen LogP contribution in [0.25, 0.3) is 0 Å². The molecule has 27 heavy (non-hydrogen) atoms. The van der Waals surface area contributed by atoms with Gasteiger partial charge in [-0.3, -0.25) is 24.1 Å². The highest BCUT2D eigenvalue weighted by Crippen LogP contribution is 2.19. The van der Waals surface area contributed by atoms with Crippen LogP contribution in [0, 0.1) is 5.82 Å². The number of ether oxygens (including phenoxy) is 2. The van der Waals surface area contributed by atoms with E-state index < -0.39 is 23.8 Å². The van der Waals surface area contributed by atoms with E-state index in [-0.39, 0.29) is 42.2 Å². The lowest BCUT2D eigenvalue weighted by Crippen LogP contribution is -2.41. The largest absolute Gasteiger partial charge is 0.494 e. The molecule has 0 aliphatic carbocycles. The van der Waals surface area contributed by atoms with Gasteiger partial charge >= 0.3 is 5.97 Å². The van der Waals surface area contributed by atoms with E-state index in [9.17, 15) is 23.6 Å². The van der Waals surface area contributed by atoms with Crippen molar-refractivity contribution < 1.29 is 33.0 Å². The van der Waals surface area contributed by atoms with Crippen molar-refractivity contribution in [3.8, 4) is 5.75 Å². The van der Waals surface area contributed by atoms with Crippen molar-refractivity contribution in [3.63, 3.8) is 0 Å². The predicted molar refractivity (Wildman–Crippen MR) is 94.8 cm³/mol. The molecule has 1 heterocycles. The van der Waals surface area contributed by atoms with E-state index in [2.05, 4.69) is 5.32 Å². The fourth-order valence-corrected chi connectivity index (χ4v) is 3.06. The average Bonchev–Trinajstić information content (AvgIpc) is 2.93. The van der Waals surface area contributed by atoms with Gasteiger partial charge < -0.3 is 14.8 Å². The molecule has 1 aromatic carbocycles. The van der Waals surface area contributed by atoms with Crippen molar-refractivity contribution in [2.45, 2.75) is 19.4 Å². The van der Waals surface area contributed by atoms with Crippen LogP contribution in [-0.2, 0) is 25.5 Å². The second-order valence-electron chi connectivity index (χ2n) is 5.67. The molecule has 0 spiro atoms. The standard InChI is InChI=1S/C17H19FN2O6S/c1-10(16(23)19-5-6-20-14(21)9-27-17(20)24)26-15(22)8-11-3-4-13(25-2)12(18)7-11/h3-4,7,10H,5-6,8-9H2,1-2H3,(H,19,23)/t10-/m1/s1. The molecule has 1 fully saturated rings. The van der Waals surface area contributed by atoms with E-state index in [0.717, 1.165) is 22.7 Å². The van der Waals surface area contributed by atoms with E-state index in [1.165, 1.54) is 26.2 Å². The van der Waals surface area contributed by atoms with Crippen LogP contribution in [0.1, 0.15) is 12.5 Å². The maximum atomic E-state index is 13.6. The van der Waals surface area contributed by atoms with E-state index in [0.29, 0.717) is 5.56 Å². The van der Waals surface area contributed by atoms with Gasteiger partial charge in [-0.05, 0) is 24.6 Å². The highest BCUT2D eigenvalue weighted by atomic mass is 32.2. The van der Waals surface area contributed by atoms with Crippen molar-refractivity contribution in [2.24, 2.45) is 0 Å². The monoisotopic (exact) mass is 398 g/mol. The van der Waals surface area contributed by atoms with E-state index in [1.807, 2.05) is 0 Å². The van der Waals surface area contributed by atoms with Crippen molar-refractivity contribution in [1.29, 1.82) is 0 Å². The topological polar surface area (TPSA) is 102 Å². The first-order valence-corrected chi connectivity index (χ1v) is 9.07. The molecule has 1 saturated heterocycles. The minimum atomic E-state index is -1.07. The van der Waals surface area contributed by atoms with Crippen LogP contribution >= 0.6 is 11.8 Å². The first-order chi connectivity index (χ1) is 12.8. The molecule has 3 amide bonds. The van der Waals surface area contributed by atoms with E-state index in [1.54, 1.807) is 0 Å². The van der Waals surface area contributed by atoms with Gasteiger partial charge in [-0.15, -0.1) is 0 Å². The lowest BCUT2D eigenvalue weighted by atomic mass is 10.1. The number of nitrogens with zero attached hydrogens (tertiary/aromatic N) is 1. The molecule has 146 valence electrons. The summed E-state index contributed by atoms with van der Waals surface area (Å²) in [5.41, 5.74) is 0.384. The Hall–Kier alpha value is -2.62. The van der Waals surface area contributed by atoms with Crippen LogP contribution in [0.4, 0.5) is 9.18 Å². The molecule has 10 heteroatoms. The third-order valence-corrected chi connectivity index (χ3v) is 4.58. The highest BCUT2D eigenvalue weighted by Gasteiger charge is 2.29. The fourth-order valence-electron chi connectivity index (χ4n) is 2.31. The number of halogens is 1. The van der Waals surface area contributed by atoms with Crippen LogP contribution < -0.4 is 10.1 Å². The van der Waals surface area contributed by atoms with Crippen molar-refractivity contribution in [1.82, 2.24) is 10.2 Å². The summed E-state index contributed by atoms with van der Waals surface area (Å²) in [5, 5.41) is 2.15. The predicted octanol–water partition coefficient (Wildman–Crippen LogP) is 1.12. The number of hydrogen-bond donors (Lipinski definition) is 1. The lowest BCUT2D eigenvalue weighted by molar-refractivity contribution is -0.154. The molecular formula is C17H19FN2O6S. The van der Waals surface area contributed by atoms with Crippen LogP contribution in [-0.4, -0.2) is 60.0 Å². The Morgan fingerprint density at radius 2 is 2.11 bits per heavy atom. The summed E-state index contributed by atoms with van der Waals surface area (Å²) in [5.74, 6) is -1.98. The summed E-state index contributed by atoms with van der Waals surface area (Å²) in [6.45, 7) is 1.51. The van der Waals surface area contributed by atoms with Gasteiger partial charge in [0.1, 0.15) is 0 Å². The number of rotatable bonds is 8. The zero-order valence-corrected chi connectivity index (χ0v) is 15.6. The second-order valence-corrected chi connectivity index (χ2v) is 6.60. The van der Waals surface area contributed by atoms with Crippen molar-refractivity contribution in [3.05, 3.63) is 29.6 Å². The molecule has 1 aliphatic rings. The number of hydrogen-bond acceptors (Lipinski definition) is 7. The van der Waals surface area contributed by atoms with Gasteiger partial charge in [-0.2, -0.15) is 0 Å². The number of carbonyl (C=O) groups excluding carboxylic acids is 4. The zero-order valence-electron chi connectivity index (χ0n) is 14.8. The number of thioether (sulfide) groups is 1. The van der Waals surface area contributed by atoms with Crippen LogP contribution in [0.15, 0.2) is 18.2 Å². The van der Waals surface area contributed by atoms with Gasteiger partial charge in [-0.1, -0.05) is 17.8 Å². The van der Waals surface area contributed by atoms with Gasteiger partial charge in [0.25, 0.3) is 11.1 Å². The Bertz CT molecular complexity index is 741. The highest BCUT2D eigenvalue weighted by molar-refractivity contribution is 8.14. The minimum Gasteiger partial charge on any atom is -0.494 e. The smallest absolute Gasteiger partial charge is 0.311 e. The van der Waals surface area contributed by atoms with Crippen LogP contribution in [0.5, 0.6) is 5.75 Å². The molecule has 1 aromatic rings. The van der Waals surface area contributed by atoms with Gasteiger partial charge in [0.2, 0.25) is 5.91 Å². The SMILES string of the molecule is COc1ccc(CC(=O)O[C@H](C)C(=O)NCCN2C(=O)CSC2=O)cc1F. The molecule has 0 radical (unpaired) electrons. The summed E-state index contributed by atoms with van der Waals surface area (Å²) in [6.07, 6.45) is -1.27.